The minimum Gasteiger partial charge on any atom is -0.381 e. The lowest BCUT2D eigenvalue weighted by Crippen LogP contribution is -2.51. The van der Waals surface area contributed by atoms with Gasteiger partial charge in [0, 0.05) is 57.5 Å². The lowest BCUT2D eigenvalue weighted by atomic mass is 10.3. The molecule has 1 aliphatic carbocycles. The molecule has 2 N–H and O–H groups in total. The third kappa shape index (κ3) is 4.58. The highest BCUT2D eigenvalue weighted by Gasteiger charge is 2.21. The van der Waals surface area contributed by atoms with Gasteiger partial charge in [-0.15, -0.1) is 11.3 Å². The molecule has 1 saturated carbocycles. The van der Waals surface area contributed by atoms with Crippen LogP contribution in [0.15, 0.2) is 16.6 Å². The van der Waals surface area contributed by atoms with Crippen LogP contribution in [0.2, 0.25) is 0 Å². The molecule has 1 aromatic heterocycles. The predicted molar refractivity (Wildman–Crippen MR) is 90.5 cm³/mol. The van der Waals surface area contributed by atoms with Gasteiger partial charge in [0.1, 0.15) is 0 Å². The van der Waals surface area contributed by atoms with E-state index in [2.05, 4.69) is 19.8 Å². The maximum atomic E-state index is 6.09. The molecular formula is C15H25N5OS. The lowest BCUT2D eigenvalue weighted by Gasteiger charge is -2.35. The Balaban J connectivity index is 1.32. The van der Waals surface area contributed by atoms with Crippen molar-refractivity contribution in [3.05, 3.63) is 11.6 Å². The fraction of sp³-hybridized carbons (Fsp3) is 0.733. The van der Waals surface area contributed by atoms with Gasteiger partial charge in [0.05, 0.1) is 0 Å². The molecule has 0 atom stereocenters. The number of hydrogen-bond donors (Lipinski definition) is 1. The molecule has 122 valence electrons. The second-order valence-corrected chi connectivity index (χ2v) is 6.77. The van der Waals surface area contributed by atoms with E-state index in [-0.39, 0.29) is 0 Å². The van der Waals surface area contributed by atoms with Gasteiger partial charge in [-0.3, -0.25) is 4.99 Å². The average molecular weight is 323 g/mol. The van der Waals surface area contributed by atoms with Crippen molar-refractivity contribution in [3.63, 3.8) is 0 Å². The maximum Gasteiger partial charge on any atom is 0.191 e. The number of guanidine groups is 1. The van der Waals surface area contributed by atoms with Gasteiger partial charge in [-0.25, -0.2) is 4.98 Å². The van der Waals surface area contributed by atoms with Crippen molar-refractivity contribution in [3.8, 4) is 0 Å². The Bertz CT molecular complexity index is 466. The van der Waals surface area contributed by atoms with Crippen molar-refractivity contribution >= 4 is 22.4 Å². The summed E-state index contributed by atoms with van der Waals surface area (Å²) in [7, 11) is 0. The van der Waals surface area contributed by atoms with E-state index in [4.69, 9.17) is 10.5 Å². The molecule has 2 aliphatic rings. The maximum absolute atomic E-state index is 6.09. The van der Waals surface area contributed by atoms with Crippen molar-refractivity contribution in [2.75, 3.05) is 50.8 Å². The highest BCUT2D eigenvalue weighted by atomic mass is 32.1. The third-order valence-electron chi connectivity index (χ3n) is 4.06. The molecule has 6 nitrogen and oxygen atoms in total. The van der Waals surface area contributed by atoms with Gasteiger partial charge in [-0.1, -0.05) is 0 Å². The largest absolute Gasteiger partial charge is 0.381 e. The zero-order valence-electron chi connectivity index (χ0n) is 13.0. The van der Waals surface area contributed by atoms with E-state index in [0.717, 1.165) is 63.4 Å². The van der Waals surface area contributed by atoms with Gasteiger partial charge < -0.3 is 20.3 Å². The number of piperazine rings is 1. The first-order valence-corrected chi connectivity index (χ1v) is 8.98. The quantitative estimate of drug-likeness (QED) is 0.467. The van der Waals surface area contributed by atoms with Crippen LogP contribution in [-0.4, -0.2) is 61.8 Å². The molecule has 22 heavy (non-hydrogen) atoms. The second kappa shape index (κ2) is 7.78. The monoisotopic (exact) mass is 323 g/mol. The molecule has 1 saturated heterocycles. The van der Waals surface area contributed by atoms with Crippen molar-refractivity contribution in [2.24, 2.45) is 16.6 Å². The Morgan fingerprint density at radius 1 is 1.36 bits per heavy atom. The summed E-state index contributed by atoms with van der Waals surface area (Å²) in [6.07, 6.45) is 5.50. The van der Waals surface area contributed by atoms with E-state index in [1.165, 1.54) is 12.8 Å². The normalized spacial score (nSPS) is 19.7. The molecule has 0 spiro atoms. The smallest absolute Gasteiger partial charge is 0.191 e. The SMILES string of the molecule is NC(=NCCCOCC1CC1)N1CCN(c2nccs2)CC1. The van der Waals surface area contributed by atoms with E-state index in [0.29, 0.717) is 5.96 Å². The van der Waals surface area contributed by atoms with E-state index >= 15 is 0 Å². The summed E-state index contributed by atoms with van der Waals surface area (Å²) in [4.78, 5) is 13.3. The van der Waals surface area contributed by atoms with E-state index in [1.54, 1.807) is 11.3 Å². The number of thiazole rings is 1. The van der Waals surface area contributed by atoms with E-state index in [9.17, 15) is 0 Å². The molecule has 3 rings (SSSR count). The first kappa shape index (κ1) is 15.6. The van der Waals surface area contributed by atoms with Gasteiger partial charge in [0.25, 0.3) is 0 Å². The average Bonchev–Trinajstić information content (AvgIpc) is 3.21. The topological polar surface area (TPSA) is 67.0 Å². The first-order valence-electron chi connectivity index (χ1n) is 8.10. The highest BCUT2D eigenvalue weighted by molar-refractivity contribution is 7.13. The van der Waals surface area contributed by atoms with Gasteiger partial charge in [-0.2, -0.15) is 0 Å². The van der Waals surface area contributed by atoms with Crippen LogP contribution in [-0.2, 0) is 4.74 Å². The molecule has 2 fully saturated rings. The highest BCUT2D eigenvalue weighted by Crippen LogP contribution is 2.28. The molecule has 0 unspecified atom stereocenters. The second-order valence-electron chi connectivity index (χ2n) is 5.90. The van der Waals surface area contributed by atoms with Crippen molar-refractivity contribution < 1.29 is 4.74 Å². The molecule has 0 bridgehead atoms. The molecule has 2 heterocycles. The van der Waals surface area contributed by atoms with Gasteiger partial charge in [-0.05, 0) is 25.2 Å². The van der Waals surface area contributed by atoms with E-state index in [1.807, 2.05) is 11.6 Å². The predicted octanol–water partition coefficient (Wildman–Crippen LogP) is 1.40. The number of anilines is 1. The Hall–Kier alpha value is -1.34. The van der Waals surface area contributed by atoms with Crippen LogP contribution in [0, 0.1) is 5.92 Å². The number of nitrogens with zero attached hydrogens (tertiary/aromatic N) is 4. The summed E-state index contributed by atoms with van der Waals surface area (Å²) in [5.74, 6) is 1.50. The minimum absolute atomic E-state index is 0.668. The Labute approximate surface area is 136 Å². The van der Waals surface area contributed by atoms with Crippen molar-refractivity contribution in [1.29, 1.82) is 0 Å². The van der Waals surface area contributed by atoms with Crippen LogP contribution in [0.25, 0.3) is 0 Å². The van der Waals surface area contributed by atoms with Crippen LogP contribution in [0.1, 0.15) is 19.3 Å². The zero-order chi connectivity index (χ0) is 15.2. The van der Waals surface area contributed by atoms with Crippen LogP contribution in [0.5, 0.6) is 0 Å². The molecule has 7 heteroatoms. The number of aromatic nitrogens is 1. The Morgan fingerprint density at radius 2 is 2.18 bits per heavy atom. The molecule has 0 amide bonds. The standard InChI is InChI=1S/C15H25N5OS/c16-14(17-4-1-10-21-12-13-2-3-13)19-6-8-20(9-7-19)15-18-5-11-22-15/h5,11,13H,1-4,6-10,12H2,(H2,16,17). The summed E-state index contributed by atoms with van der Waals surface area (Å²) < 4.78 is 5.60. The fourth-order valence-corrected chi connectivity index (χ4v) is 3.19. The van der Waals surface area contributed by atoms with Gasteiger partial charge >= 0.3 is 0 Å². The summed E-state index contributed by atoms with van der Waals surface area (Å²) in [5, 5.41) is 3.12. The summed E-state index contributed by atoms with van der Waals surface area (Å²) in [6.45, 7) is 6.20. The van der Waals surface area contributed by atoms with Crippen LogP contribution >= 0.6 is 11.3 Å². The van der Waals surface area contributed by atoms with Crippen LogP contribution in [0.3, 0.4) is 0 Å². The summed E-state index contributed by atoms with van der Waals surface area (Å²) >= 11 is 1.69. The lowest BCUT2D eigenvalue weighted by molar-refractivity contribution is 0.123. The Kier molecular flexibility index (Phi) is 5.50. The Morgan fingerprint density at radius 3 is 2.86 bits per heavy atom. The number of hydrogen-bond acceptors (Lipinski definition) is 5. The number of aliphatic imine (C=N–C) groups is 1. The first-order chi connectivity index (χ1) is 10.8. The molecule has 0 radical (unpaired) electrons. The van der Waals surface area contributed by atoms with E-state index < -0.39 is 0 Å². The third-order valence-corrected chi connectivity index (χ3v) is 4.90. The number of nitrogens with two attached hydrogens (primary N) is 1. The molecular weight excluding hydrogens is 298 g/mol. The van der Waals surface area contributed by atoms with Crippen molar-refractivity contribution in [1.82, 2.24) is 9.88 Å². The molecule has 1 aromatic rings. The van der Waals surface area contributed by atoms with Gasteiger partial charge in [0.2, 0.25) is 0 Å². The van der Waals surface area contributed by atoms with Crippen LogP contribution in [0.4, 0.5) is 5.13 Å². The fourth-order valence-electron chi connectivity index (χ4n) is 2.49. The van der Waals surface area contributed by atoms with Gasteiger partial charge in [0.15, 0.2) is 11.1 Å². The van der Waals surface area contributed by atoms with Crippen LogP contribution < -0.4 is 10.6 Å². The summed E-state index contributed by atoms with van der Waals surface area (Å²) in [5.41, 5.74) is 6.09. The number of rotatable bonds is 7. The zero-order valence-corrected chi connectivity index (χ0v) is 13.8. The molecule has 0 aromatic carbocycles. The molecule has 1 aliphatic heterocycles. The minimum atomic E-state index is 0.668. The van der Waals surface area contributed by atoms with Crippen molar-refractivity contribution in [2.45, 2.75) is 19.3 Å². The number of ether oxygens (including phenoxy) is 1. The summed E-state index contributed by atoms with van der Waals surface area (Å²) in [6, 6.07) is 0.